The summed E-state index contributed by atoms with van der Waals surface area (Å²) < 4.78 is 18.7. The normalized spacial score (nSPS) is 16.9. The summed E-state index contributed by atoms with van der Waals surface area (Å²) in [4.78, 5) is 13.7. The lowest BCUT2D eigenvalue weighted by atomic mass is 9.89. The summed E-state index contributed by atoms with van der Waals surface area (Å²) in [7, 11) is 0. The molecule has 0 bridgehead atoms. The van der Waals surface area contributed by atoms with Crippen molar-refractivity contribution in [1.29, 1.82) is 0 Å². The van der Waals surface area contributed by atoms with Crippen LogP contribution in [0.4, 0.5) is 9.18 Å². The Morgan fingerprint density at radius 1 is 1.33 bits per heavy atom. The molecule has 0 spiro atoms. The molecule has 0 unspecified atom stereocenters. The zero-order valence-corrected chi connectivity index (χ0v) is 13.4. The topological polar surface area (TPSA) is 29.5 Å². The highest BCUT2D eigenvalue weighted by Gasteiger charge is 2.28. The maximum absolute atomic E-state index is 13.3. The van der Waals surface area contributed by atoms with Crippen LogP contribution in [0, 0.1) is 5.82 Å². The summed E-state index contributed by atoms with van der Waals surface area (Å²) in [6.45, 7) is 6.76. The van der Waals surface area contributed by atoms with Crippen molar-refractivity contribution in [3.63, 3.8) is 0 Å². The number of amides is 1. The molecule has 1 fully saturated rings. The number of ether oxygens (including phenoxy) is 1. The van der Waals surface area contributed by atoms with E-state index in [1.807, 2.05) is 20.8 Å². The number of hydrogen-bond donors (Lipinski definition) is 0. The molecular formula is C16H21ClFNO2. The summed E-state index contributed by atoms with van der Waals surface area (Å²) in [5.74, 6) is -0.0872. The minimum Gasteiger partial charge on any atom is -0.444 e. The number of benzene rings is 1. The van der Waals surface area contributed by atoms with Crippen LogP contribution in [0.1, 0.15) is 45.1 Å². The van der Waals surface area contributed by atoms with E-state index in [1.54, 1.807) is 11.0 Å². The monoisotopic (exact) mass is 313 g/mol. The summed E-state index contributed by atoms with van der Waals surface area (Å²) in [6.07, 6.45) is 1.25. The zero-order chi connectivity index (χ0) is 15.6. The minimum absolute atomic E-state index is 0.187. The van der Waals surface area contributed by atoms with Gasteiger partial charge in [-0.2, -0.15) is 0 Å². The highest BCUT2D eigenvalue weighted by atomic mass is 35.5. The molecule has 0 saturated carbocycles. The van der Waals surface area contributed by atoms with Crippen LogP contribution in [0.15, 0.2) is 18.2 Å². The van der Waals surface area contributed by atoms with Gasteiger partial charge in [-0.05, 0) is 63.3 Å². The molecule has 1 aliphatic rings. The summed E-state index contributed by atoms with van der Waals surface area (Å²) in [5, 5.41) is 0.590. The molecule has 0 atom stereocenters. The number of carbonyl (C=O) groups is 1. The maximum atomic E-state index is 13.3. The lowest BCUT2D eigenvalue weighted by Gasteiger charge is -2.33. The van der Waals surface area contributed by atoms with Gasteiger partial charge in [-0.15, -0.1) is 0 Å². The number of nitrogens with zero attached hydrogens (tertiary/aromatic N) is 1. The van der Waals surface area contributed by atoms with Gasteiger partial charge in [0.15, 0.2) is 0 Å². The summed E-state index contributed by atoms with van der Waals surface area (Å²) >= 11 is 6.14. The van der Waals surface area contributed by atoms with Crippen LogP contribution in [-0.4, -0.2) is 29.7 Å². The second-order valence-corrected chi connectivity index (χ2v) is 6.81. The van der Waals surface area contributed by atoms with Gasteiger partial charge in [0.2, 0.25) is 0 Å². The number of hydrogen-bond acceptors (Lipinski definition) is 2. The number of rotatable bonds is 1. The van der Waals surface area contributed by atoms with Crippen molar-refractivity contribution in [2.24, 2.45) is 0 Å². The first-order valence-electron chi connectivity index (χ1n) is 7.19. The van der Waals surface area contributed by atoms with Crippen molar-refractivity contribution in [1.82, 2.24) is 4.90 Å². The first kappa shape index (κ1) is 16.1. The molecule has 5 heteroatoms. The Morgan fingerprint density at radius 2 is 1.95 bits per heavy atom. The Bertz CT molecular complexity index is 519. The molecule has 1 heterocycles. The lowest BCUT2D eigenvalue weighted by Crippen LogP contribution is -2.41. The zero-order valence-electron chi connectivity index (χ0n) is 12.7. The SMILES string of the molecule is CC(C)(C)OC(=O)N1CCC(c2cc(F)ccc2Cl)CC1. The Morgan fingerprint density at radius 3 is 2.52 bits per heavy atom. The van der Waals surface area contributed by atoms with Gasteiger partial charge in [0.05, 0.1) is 0 Å². The smallest absolute Gasteiger partial charge is 0.410 e. The van der Waals surface area contributed by atoms with E-state index in [9.17, 15) is 9.18 Å². The van der Waals surface area contributed by atoms with Crippen LogP contribution in [0.5, 0.6) is 0 Å². The fourth-order valence-corrected chi connectivity index (χ4v) is 2.80. The van der Waals surface area contributed by atoms with E-state index in [0.717, 1.165) is 18.4 Å². The van der Waals surface area contributed by atoms with E-state index in [1.165, 1.54) is 12.1 Å². The number of halogens is 2. The number of carbonyl (C=O) groups excluding carboxylic acids is 1. The van der Waals surface area contributed by atoms with Crippen LogP contribution >= 0.6 is 11.6 Å². The fourth-order valence-electron chi connectivity index (χ4n) is 2.53. The van der Waals surface area contributed by atoms with E-state index < -0.39 is 5.60 Å². The van der Waals surface area contributed by atoms with Crippen LogP contribution in [0.2, 0.25) is 5.02 Å². The van der Waals surface area contributed by atoms with Crippen molar-refractivity contribution in [2.45, 2.75) is 45.1 Å². The van der Waals surface area contributed by atoms with E-state index >= 15 is 0 Å². The van der Waals surface area contributed by atoms with E-state index in [4.69, 9.17) is 16.3 Å². The van der Waals surface area contributed by atoms with Gasteiger partial charge >= 0.3 is 6.09 Å². The summed E-state index contributed by atoms with van der Waals surface area (Å²) in [6, 6.07) is 4.45. The van der Waals surface area contributed by atoms with Gasteiger partial charge in [0.1, 0.15) is 11.4 Å². The standard InChI is InChI=1S/C16H21ClFNO2/c1-16(2,3)21-15(20)19-8-6-11(7-9-19)13-10-12(18)4-5-14(13)17/h4-5,10-11H,6-9H2,1-3H3. The average Bonchev–Trinajstić information content (AvgIpc) is 2.40. The Labute approximate surface area is 130 Å². The molecule has 0 N–H and O–H groups in total. The average molecular weight is 314 g/mol. The molecule has 21 heavy (non-hydrogen) atoms. The molecule has 1 aromatic rings. The third kappa shape index (κ3) is 4.34. The molecule has 1 aliphatic heterocycles. The Hall–Kier alpha value is -1.29. The maximum Gasteiger partial charge on any atom is 0.410 e. The molecule has 1 amide bonds. The molecule has 116 valence electrons. The molecule has 1 aromatic carbocycles. The second kappa shape index (κ2) is 6.22. The summed E-state index contributed by atoms with van der Waals surface area (Å²) in [5.41, 5.74) is 0.347. The Kier molecular flexibility index (Phi) is 4.77. The molecule has 1 saturated heterocycles. The van der Waals surface area contributed by atoms with Crippen LogP contribution in [0.25, 0.3) is 0 Å². The van der Waals surface area contributed by atoms with Gasteiger partial charge < -0.3 is 9.64 Å². The van der Waals surface area contributed by atoms with Crippen LogP contribution in [0.3, 0.4) is 0 Å². The van der Waals surface area contributed by atoms with Gasteiger partial charge in [-0.25, -0.2) is 9.18 Å². The van der Waals surface area contributed by atoms with Crippen molar-refractivity contribution in [3.8, 4) is 0 Å². The predicted octanol–water partition coefficient (Wildman–Crippen LogP) is 4.59. The molecule has 0 aliphatic carbocycles. The van der Waals surface area contributed by atoms with E-state index in [2.05, 4.69) is 0 Å². The van der Waals surface area contributed by atoms with Crippen LogP contribution in [-0.2, 0) is 4.74 Å². The molecule has 2 rings (SSSR count). The molecule has 0 radical (unpaired) electrons. The van der Waals surface area contributed by atoms with Crippen molar-refractivity contribution < 1.29 is 13.9 Å². The number of piperidine rings is 1. The largest absolute Gasteiger partial charge is 0.444 e. The van der Waals surface area contributed by atoms with E-state index in [0.29, 0.717) is 18.1 Å². The molecule has 3 nitrogen and oxygen atoms in total. The highest BCUT2D eigenvalue weighted by Crippen LogP contribution is 2.33. The van der Waals surface area contributed by atoms with Crippen molar-refractivity contribution in [2.75, 3.05) is 13.1 Å². The highest BCUT2D eigenvalue weighted by molar-refractivity contribution is 6.31. The van der Waals surface area contributed by atoms with Gasteiger partial charge in [-0.3, -0.25) is 0 Å². The van der Waals surface area contributed by atoms with Gasteiger partial charge in [0, 0.05) is 18.1 Å². The predicted molar refractivity (Wildman–Crippen MR) is 81.2 cm³/mol. The lowest BCUT2D eigenvalue weighted by molar-refractivity contribution is 0.0205. The van der Waals surface area contributed by atoms with Gasteiger partial charge in [-0.1, -0.05) is 11.6 Å². The minimum atomic E-state index is -0.486. The third-order valence-corrected chi connectivity index (χ3v) is 3.89. The van der Waals surface area contributed by atoms with Crippen molar-refractivity contribution in [3.05, 3.63) is 34.6 Å². The third-order valence-electron chi connectivity index (χ3n) is 3.54. The fraction of sp³-hybridized carbons (Fsp3) is 0.562. The second-order valence-electron chi connectivity index (χ2n) is 6.41. The first-order valence-corrected chi connectivity index (χ1v) is 7.57. The van der Waals surface area contributed by atoms with Crippen LogP contribution < -0.4 is 0 Å². The number of likely N-dealkylation sites (tertiary alicyclic amines) is 1. The van der Waals surface area contributed by atoms with E-state index in [-0.39, 0.29) is 17.8 Å². The van der Waals surface area contributed by atoms with Crippen molar-refractivity contribution >= 4 is 17.7 Å². The quantitative estimate of drug-likeness (QED) is 0.758. The first-order chi connectivity index (χ1) is 9.76. The van der Waals surface area contributed by atoms with Gasteiger partial charge in [0.25, 0.3) is 0 Å². The molecule has 0 aromatic heterocycles. The Balaban J connectivity index is 1.97. The molecular weight excluding hydrogens is 293 g/mol.